The standard InChI is InChI=1S/C21H19F4N5O2/c1-2-29-11-21(25,12-29)20(31)30(16-5-3-4-14(22)8-16)10-15-7-6-13(9-26-15)18-27-28-19(32-18)17(23)24/h3-9,17H,2,10-12H2,1H3. The molecule has 1 aliphatic rings. The van der Waals surface area contributed by atoms with E-state index in [-0.39, 0.29) is 31.2 Å². The minimum absolute atomic E-state index is 0.0376. The second kappa shape index (κ2) is 8.65. The number of benzene rings is 1. The maximum Gasteiger partial charge on any atom is 0.314 e. The normalized spacial score (nSPS) is 15.6. The number of halogens is 4. The predicted molar refractivity (Wildman–Crippen MR) is 106 cm³/mol. The highest BCUT2D eigenvalue weighted by Gasteiger charge is 2.51. The van der Waals surface area contributed by atoms with Gasteiger partial charge in [-0.25, -0.2) is 8.78 Å². The first-order chi connectivity index (χ1) is 15.3. The van der Waals surface area contributed by atoms with Gasteiger partial charge in [0.15, 0.2) is 0 Å². The van der Waals surface area contributed by atoms with E-state index < -0.39 is 29.7 Å². The zero-order chi connectivity index (χ0) is 22.9. The van der Waals surface area contributed by atoms with Gasteiger partial charge in [0.1, 0.15) is 5.82 Å². The van der Waals surface area contributed by atoms with Gasteiger partial charge in [0, 0.05) is 25.0 Å². The molecule has 4 rings (SSSR count). The number of alkyl halides is 3. The molecule has 0 unspecified atom stereocenters. The lowest BCUT2D eigenvalue weighted by Crippen LogP contribution is -2.66. The average Bonchev–Trinajstić information content (AvgIpc) is 3.26. The van der Waals surface area contributed by atoms with Crippen LogP contribution in [-0.4, -0.2) is 51.3 Å². The van der Waals surface area contributed by atoms with Crippen molar-refractivity contribution in [3.8, 4) is 11.5 Å². The van der Waals surface area contributed by atoms with E-state index in [1.807, 2.05) is 6.92 Å². The summed E-state index contributed by atoms with van der Waals surface area (Å²) in [4.78, 5) is 20.2. The van der Waals surface area contributed by atoms with Gasteiger partial charge < -0.3 is 9.32 Å². The van der Waals surface area contributed by atoms with Crippen molar-refractivity contribution in [2.45, 2.75) is 25.6 Å². The van der Waals surface area contributed by atoms with Crippen LogP contribution in [0.2, 0.25) is 0 Å². The summed E-state index contributed by atoms with van der Waals surface area (Å²) in [5, 5.41) is 6.81. The van der Waals surface area contributed by atoms with Crippen molar-refractivity contribution in [1.82, 2.24) is 20.1 Å². The fraction of sp³-hybridized carbons (Fsp3) is 0.333. The number of rotatable bonds is 7. The number of carbonyl (C=O) groups is 1. The van der Waals surface area contributed by atoms with E-state index in [4.69, 9.17) is 4.42 Å². The molecule has 11 heteroatoms. The molecule has 0 atom stereocenters. The molecule has 0 aliphatic carbocycles. The quantitative estimate of drug-likeness (QED) is 0.511. The smallest absolute Gasteiger partial charge is 0.314 e. The lowest BCUT2D eigenvalue weighted by Gasteiger charge is -2.44. The van der Waals surface area contributed by atoms with Crippen LogP contribution in [0.1, 0.15) is 24.9 Å². The Bertz CT molecular complexity index is 1100. The number of aromatic nitrogens is 3. The number of carbonyl (C=O) groups excluding carboxylic acids is 1. The Kier molecular flexibility index (Phi) is 5.92. The van der Waals surface area contributed by atoms with Crippen LogP contribution in [0.25, 0.3) is 11.5 Å². The van der Waals surface area contributed by atoms with Crippen molar-refractivity contribution in [2.24, 2.45) is 0 Å². The third kappa shape index (κ3) is 4.33. The maximum absolute atomic E-state index is 15.2. The first kappa shape index (κ1) is 21.9. The molecule has 0 saturated carbocycles. The van der Waals surface area contributed by atoms with Gasteiger partial charge in [0.05, 0.1) is 17.8 Å². The van der Waals surface area contributed by atoms with Crippen LogP contribution in [0.3, 0.4) is 0 Å². The van der Waals surface area contributed by atoms with E-state index in [1.165, 1.54) is 36.5 Å². The molecule has 3 heterocycles. The molecule has 3 aromatic rings. The molecule has 0 bridgehead atoms. The third-order valence-corrected chi connectivity index (χ3v) is 5.16. The van der Waals surface area contributed by atoms with E-state index in [9.17, 15) is 18.0 Å². The second-order valence-electron chi connectivity index (χ2n) is 7.42. The van der Waals surface area contributed by atoms with Crippen LogP contribution in [0.4, 0.5) is 23.2 Å². The van der Waals surface area contributed by atoms with Crippen molar-refractivity contribution in [2.75, 3.05) is 24.5 Å². The van der Waals surface area contributed by atoms with Gasteiger partial charge in [-0.3, -0.25) is 14.7 Å². The monoisotopic (exact) mass is 449 g/mol. The van der Waals surface area contributed by atoms with Gasteiger partial charge in [-0.05, 0) is 36.9 Å². The Morgan fingerprint density at radius 3 is 2.62 bits per heavy atom. The van der Waals surface area contributed by atoms with E-state index in [2.05, 4.69) is 15.2 Å². The number of hydrogen-bond acceptors (Lipinski definition) is 6. The zero-order valence-corrected chi connectivity index (χ0v) is 17.0. The van der Waals surface area contributed by atoms with Gasteiger partial charge in [-0.1, -0.05) is 13.0 Å². The summed E-state index contributed by atoms with van der Waals surface area (Å²) in [6.45, 7) is 2.29. The fourth-order valence-electron chi connectivity index (χ4n) is 3.43. The summed E-state index contributed by atoms with van der Waals surface area (Å²) in [6, 6.07) is 8.35. The Morgan fingerprint density at radius 2 is 2.03 bits per heavy atom. The molecular formula is C21H19F4N5O2. The molecule has 0 spiro atoms. The SMILES string of the molecule is CCN1CC(F)(C(=O)N(Cc2ccc(-c3nnc(C(F)F)o3)cn2)c2cccc(F)c2)C1. The van der Waals surface area contributed by atoms with E-state index >= 15 is 4.39 Å². The first-order valence-corrected chi connectivity index (χ1v) is 9.85. The van der Waals surface area contributed by atoms with Crippen LogP contribution in [0, 0.1) is 5.82 Å². The molecule has 0 N–H and O–H groups in total. The molecular weight excluding hydrogens is 430 g/mol. The number of likely N-dealkylation sites (tertiary alicyclic amines) is 1. The van der Waals surface area contributed by atoms with E-state index in [0.717, 1.165) is 11.0 Å². The van der Waals surface area contributed by atoms with Crippen LogP contribution in [-0.2, 0) is 11.3 Å². The van der Waals surface area contributed by atoms with Crippen molar-refractivity contribution in [1.29, 1.82) is 0 Å². The van der Waals surface area contributed by atoms with Crippen molar-refractivity contribution in [3.63, 3.8) is 0 Å². The summed E-state index contributed by atoms with van der Waals surface area (Å²) in [5.74, 6) is -2.28. The van der Waals surface area contributed by atoms with Crippen molar-refractivity contribution in [3.05, 3.63) is 60.0 Å². The molecule has 1 saturated heterocycles. The van der Waals surface area contributed by atoms with E-state index in [1.54, 1.807) is 4.90 Å². The molecule has 7 nitrogen and oxygen atoms in total. The summed E-state index contributed by atoms with van der Waals surface area (Å²) in [5.41, 5.74) is -1.20. The highest BCUT2D eigenvalue weighted by molar-refractivity contribution is 6.00. The van der Waals surface area contributed by atoms with Crippen LogP contribution < -0.4 is 4.90 Å². The fourth-order valence-corrected chi connectivity index (χ4v) is 3.43. The topological polar surface area (TPSA) is 75.4 Å². The van der Waals surface area contributed by atoms with Crippen LogP contribution in [0.5, 0.6) is 0 Å². The number of pyridine rings is 1. The molecule has 2 aromatic heterocycles. The Hall–Kier alpha value is -3.34. The molecule has 32 heavy (non-hydrogen) atoms. The number of hydrogen-bond donors (Lipinski definition) is 0. The number of anilines is 1. The Morgan fingerprint density at radius 1 is 1.25 bits per heavy atom. The molecule has 1 amide bonds. The third-order valence-electron chi connectivity index (χ3n) is 5.16. The highest BCUT2D eigenvalue weighted by atomic mass is 19.3. The largest absolute Gasteiger partial charge is 0.415 e. The number of amides is 1. The lowest BCUT2D eigenvalue weighted by molar-refractivity contribution is -0.142. The van der Waals surface area contributed by atoms with Gasteiger partial charge >= 0.3 is 6.43 Å². The first-order valence-electron chi connectivity index (χ1n) is 9.85. The highest BCUT2D eigenvalue weighted by Crippen LogP contribution is 2.31. The molecule has 168 valence electrons. The molecule has 1 fully saturated rings. The van der Waals surface area contributed by atoms with E-state index in [0.29, 0.717) is 17.8 Å². The zero-order valence-electron chi connectivity index (χ0n) is 17.0. The maximum atomic E-state index is 15.2. The van der Waals surface area contributed by atoms with Crippen molar-refractivity contribution < 1.29 is 26.8 Å². The molecule has 1 aliphatic heterocycles. The Balaban J connectivity index is 1.57. The van der Waals surface area contributed by atoms with Crippen LogP contribution in [0.15, 0.2) is 47.0 Å². The molecule has 0 radical (unpaired) electrons. The second-order valence-corrected chi connectivity index (χ2v) is 7.42. The Labute approximate surface area is 180 Å². The summed E-state index contributed by atoms with van der Waals surface area (Å²) >= 11 is 0. The minimum atomic E-state index is -2.89. The predicted octanol–water partition coefficient (Wildman–Crippen LogP) is 3.79. The summed E-state index contributed by atoms with van der Waals surface area (Å²) < 4.78 is 59.2. The van der Waals surface area contributed by atoms with Gasteiger partial charge in [0.2, 0.25) is 11.6 Å². The van der Waals surface area contributed by atoms with Gasteiger partial charge in [-0.15, -0.1) is 10.2 Å². The van der Waals surface area contributed by atoms with Crippen LogP contribution >= 0.6 is 0 Å². The minimum Gasteiger partial charge on any atom is -0.415 e. The van der Waals surface area contributed by atoms with Gasteiger partial charge in [0.25, 0.3) is 11.8 Å². The molecule has 1 aromatic carbocycles. The summed E-state index contributed by atoms with van der Waals surface area (Å²) in [6.07, 6.45) is -1.57. The lowest BCUT2D eigenvalue weighted by atomic mass is 9.94. The van der Waals surface area contributed by atoms with Crippen molar-refractivity contribution >= 4 is 11.6 Å². The van der Waals surface area contributed by atoms with Gasteiger partial charge in [-0.2, -0.15) is 8.78 Å². The average molecular weight is 449 g/mol. The number of nitrogens with zero attached hydrogens (tertiary/aromatic N) is 5. The summed E-state index contributed by atoms with van der Waals surface area (Å²) in [7, 11) is 0.